The van der Waals surface area contributed by atoms with E-state index in [0.29, 0.717) is 0 Å². The Morgan fingerprint density at radius 2 is 1.15 bits per heavy atom. The third kappa shape index (κ3) is 12.1. The van der Waals surface area contributed by atoms with Gasteiger partial charge in [-0.15, -0.1) is 0 Å². The van der Waals surface area contributed by atoms with E-state index in [-0.39, 0.29) is 51.6 Å². The summed E-state index contributed by atoms with van der Waals surface area (Å²) in [5.41, 5.74) is -0.272. The number of aldehydes is 1. The van der Waals surface area contributed by atoms with Crippen molar-refractivity contribution in [2.45, 2.75) is 27.2 Å². The molecule has 0 aliphatic rings. The van der Waals surface area contributed by atoms with E-state index in [1.165, 1.54) is 6.42 Å². The predicted octanol–water partition coefficient (Wildman–Crippen LogP) is 5.29. The molecule has 0 unspecified atom stereocenters. The van der Waals surface area contributed by atoms with Crippen LogP contribution < -0.4 is 18.9 Å². The third-order valence-corrected chi connectivity index (χ3v) is 4.31. The van der Waals surface area contributed by atoms with Gasteiger partial charge in [0.1, 0.15) is 23.3 Å². The minimum Gasteiger partial charge on any atom is -0.343 e. The Balaban J connectivity index is -0.000000337. The quantitative estimate of drug-likeness (QED) is 0.157. The minimum atomic E-state index is -0.728. The molecule has 0 radical (unpaired) electrons. The Bertz CT molecular complexity index is 663. The van der Waals surface area contributed by atoms with Gasteiger partial charge in [-0.05, 0) is 72.1 Å². The molecule has 2 rings (SSSR count). The first-order valence-corrected chi connectivity index (χ1v) is 9.24. The minimum absolute atomic E-state index is 0. The fourth-order valence-electron chi connectivity index (χ4n) is 1.13. The Morgan fingerprint density at radius 1 is 0.852 bits per heavy atom. The molecule has 0 aromatic heterocycles. The molecule has 0 N–H and O–H groups in total. The number of carbonyl (C=O) groups excluding carboxylic acids is 1. The van der Waals surface area contributed by atoms with E-state index in [1.807, 2.05) is 0 Å². The largest absolute Gasteiger partial charge is 1.00 e. The van der Waals surface area contributed by atoms with E-state index in [9.17, 15) is 22.4 Å². The van der Waals surface area contributed by atoms with Crippen molar-refractivity contribution < 1.29 is 41.2 Å². The third-order valence-electron chi connectivity index (χ3n) is 2.48. The summed E-state index contributed by atoms with van der Waals surface area (Å²) in [4.78, 5) is 10.1. The summed E-state index contributed by atoms with van der Waals surface area (Å²) in [5.74, 6) is -2.33. The number of hydrogen-bond acceptors (Lipinski definition) is 1. The van der Waals surface area contributed by atoms with Gasteiger partial charge >= 0.3 is 18.9 Å². The first kappa shape index (κ1) is 31.6. The molecule has 0 amide bonds. The van der Waals surface area contributed by atoms with Gasteiger partial charge in [0.15, 0.2) is 6.29 Å². The van der Waals surface area contributed by atoms with Gasteiger partial charge in [0.25, 0.3) is 0 Å². The Kier molecular flexibility index (Phi) is 19.6. The van der Waals surface area contributed by atoms with E-state index >= 15 is 0 Å². The van der Waals surface area contributed by atoms with E-state index in [1.54, 1.807) is 0 Å². The molecule has 0 saturated heterocycles. The van der Waals surface area contributed by atoms with Gasteiger partial charge in [0, 0.05) is 0 Å². The number of unbranched alkanes of at least 4 members (excludes halogenated alkanes) is 1. The summed E-state index contributed by atoms with van der Waals surface area (Å²) in [6, 6.07) is 3.89. The molecule has 2 aromatic rings. The monoisotopic (exact) mass is 570 g/mol. The maximum absolute atomic E-state index is 12.6. The molecule has 0 fully saturated rings. The fourth-order valence-corrected chi connectivity index (χ4v) is 2.07. The molecule has 0 atom stereocenters. The summed E-state index contributed by atoms with van der Waals surface area (Å²) in [6.45, 7) is 5.72. The van der Waals surface area contributed by atoms with Gasteiger partial charge in [0.2, 0.25) is 0 Å². The van der Waals surface area contributed by atoms with Gasteiger partial charge in [-0.1, -0.05) is 20.8 Å². The van der Waals surface area contributed by atoms with Crippen molar-refractivity contribution in [3.63, 3.8) is 0 Å². The van der Waals surface area contributed by atoms with Gasteiger partial charge in [0.05, 0.1) is 19.0 Å². The number of rotatable bonds is 2. The van der Waals surface area contributed by atoms with Crippen LogP contribution in [0.15, 0.2) is 37.7 Å². The second-order valence-electron chi connectivity index (χ2n) is 4.44. The summed E-state index contributed by atoms with van der Waals surface area (Å²) < 4.78 is 50.5. The fraction of sp³-hybridized carbons (Fsp3) is 0.222. The van der Waals surface area contributed by atoms with Crippen LogP contribution in [-0.2, 0) is 0 Å². The molecule has 0 saturated carbocycles. The van der Waals surface area contributed by atoms with Crippen LogP contribution in [0.2, 0.25) is 0 Å². The summed E-state index contributed by atoms with van der Waals surface area (Å²) in [7, 11) is 0. The zero-order valence-corrected chi connectivity index (χ0v) is 18.8. The van der Waals surface area contributed by atoms with Crippen molar-refractivity contribution in [1.29, 1.82) is 0 Å². The van der Waals surface area contributed by atoms with E-state index in [4.69, 9.17) is 0 Å². The maximum atomic E-state index is 12.6. The number of benzene rings is 2. The molecule has 0 aliphatic heterocycles. The first-order chi connectivity index (χ1) is 11.7. The van der Waals surface area contributed by atoms with Gasteiger partial charge in [-0.25, -0.2) is 17.6 Å². The predicted molar refractivity (Wildman–Crippen MR) is 108 cm³/mol. The van der Waals surface area contributed by atoms with Crippen LogP contribution in [0, 0.1) is 30.2 Å². The SMILES string of the molecule is C.Fc1cc(Br)c(F)cc1Br.O=Cc1cc(F)c(Br)cc1F.[CH2-]CCC.[Li+]. The number of carbonyl (C=O) groups is 1. The van der Waals surface area contributed by atoms with Crippen LogP contribution in [0.3, 0.4) is 0 Å². The molecule has 146 valence electrons. The Hall–Kier alpha value is -0.133. The van der Waals surface area contributed by atoms with Crippen molar-refractivity contribution in [2.24, 2.45) is 0 Å². The Morgan fingerprint density at radius 3 is 1.44 bits per heavy atom. The van der Waals surface area contributed by atoms with Gasteiger partial charge < -0.3 is 6.92 Å². The van der Waals surface area contributed by atoms with Crippen molar-refractivity contribution in [3.8, 4) is 0 Å². The zero-order chi connectivity index (χ0) is 19.6. The smallest absolute Gasteiger partial charge is 0.343 e. The van der Waals surface area contributed by atoms with Crippen molar-refractivity contribution in [1.82, 2.24) is 0 Å². The summed E-state index contributed by atoms with van der Waals surface area (Å²) in [5, 5.41) is 0. The van der Waals surface area contributed by atoms with Crippen LogP contribution in [0.1, 0.15) is 37.6 Å². The molecule has 0 bridgehead atoms. The molecule has 1 nitrogen and oxygen atoms in total. The molecule has 2 aromatic carbocycles. The van der Waals surface area contributed by atoms with E-state index < -0.39 is 23.3 Å². The molecule has 0 heterocycles. The summed E-state index contributed by atoms with van der Waals surface area (Å²) >= 11 is 8.47. The molecule has 0 spiro atoms. The van der Waals surface area contributed by atoms with Crippen LogP contribution in [0.5, 0.6) is 0 Å². The van der Waals surface area contributed by atoms with E-state index in [0.717, 1.165) is 30.7 Å². The average molecular weight is 573 g/mol. The second-order valence-corrected chi connectivity index (χ2v) is 7.00. The maximum Gasteiger partial charge on any atom is 1.00 e. The topological polar surface area (TPSA) is 17.1 Å². The summed E-state index contributed by atoms with van der Waals surface area (Å²) in [6.07, 6.45) is 2.55. The Labute approximate surface area is 194 Å². The van der Waals surface area contributed by atoms with Crippen molar-refractivity contribution in [2.75, 3.05) is 0 Å². The standard InChI is InChI=1S/C7H3BrF2O.C6H2Br2F2.C4H9.CH4.Li/c8-5-2-6(9)4(3-11)1-7(5)10;7-3-1-5(9)4(8)2-6(3)10;1-3-4-2;;/h1-3H;1-2H;1,3-4H2,2H3;1H4;/q;;-1;;+1. The number of halogens is 7. The van der Waals surface area contributed by atoms with Crippen LogP contribution in [-0.4, -0.2) is 6.29 Å². The van der Waals surface area contributed by atoms with Crippen LogP contribution in [0.4, 0.5) is 17.6 Å². The van der Waals surface area contributed by atoms with Crippen molar-refractivity contribution in [3.05, 3.63) is 73.4 Å². The first-order valence-electron chi connectivity index (χ1n) is 6.86. The number of hydrogen-bond donors (Lipinski definition) is 0. The molecular weight excluding hydrogens is 555 g/mol. The second kappa shape index (κ2) is 16.8. The average Bonchev–Trinajstić information content (AvgIpc) is 2.57. The van der Waals surface area contributed by atoms with Gasteiger partial charge in [-0.2, -0.15) is 6.42 Å². The zero-order valence-electron chi connectivity index (χ0n) is 14.1. The van der Waals surface area contributed by atoms with Crippen molar-refractivity contribution >= 4 is 54.1 Å². The molecule has 0 aliphatic carbocycles. The van der Waals surface area contributed by atoms with E-state index in [2.05, 4.69) is 61.6 Å². The molecular formula is C18H18Br3F4LiO. The van der Waals surface area contributed by atoms with Crippen LogP contribution in [0.25, 0.3) is 0 Å². The van der Waals surface area contributed by atoms with Crippen LogP contribution >= 0.6 is 47.8 Å². The normalized spacial score (nSPS) is 8.78. The molecule has 27 heavy (non-hydrogen) atoms. The molecule has 9 heteroatoms. The van der Waals surface area contributed by atoms with Gasteiger partial charge in [-0.3, -0.25) is 4.79 Å².